The predicted octanol–water partition coefficient (Wildman–Crippen LogP) is 2.29. The number of hydrogen-bond donors (Lipinski definition) is 0. The van der Waals surface area contributed by atoms with Crippen LogP contribution in [0.2, 0.25) is 0 Å². The van der Waals surface area contributed by atoms with E-state index >= 15 is 0 Å². The third-order valence-corrected chi connectivity index (χ3v) is 3.43. The highest BCUT2D eigenvalue weighted by Crippen LogP contribution is 2.16. The van der Waals surface area contributed by atoms with Crippen LogP contribution in [0.4, 0.5) is 4.39 Å². The first-order valence-corrected chi connectivity index (χ1v) is 6.84. The van der Waals surface area contributed by atoms with Crippen molar-refractivity contribution in [1.29, 1.82) is 0 Å². The average Bonchev–Trinajstić information content (AvgIpc) is 3.10. The first-order valence-electron chi connectivity index (χ1n) is 6.84. The number of nitrogens with zero attached hydrogens (tertiary/aromatic N) is 5. The lowest BCUT2D eigenvalue weighted by Crippen LogP contribution is -2.10. The maximum Gasteiger partial charge on any atom is 0.190 e. The summed E-state index contributed by atoms with van der Waals surface area (Å²) in [5.41, 5.74) is 1.69. The Morgan fingerprint density at radius 3 is 2.76 bits per heavy atom. The highest BCUT2D eigenvalue weighted by molar-refractivity contribution is 5.29. The van der Waals surface area contributed by atoms with E-state index < -0.39 is 0 Å². The number of aryl methyl sites for hydroxylation is 2. The molecule has 0 fully saturated rings. The van der Waals surface area contributed by atoms with Crippen LogP contribution in [0.5, 0.6) is 0 Å². The summed E-state index contributed by atoms with van der Waals surface area (Å²) < 4.78 is 17.5. The molecule has 0 aliphatic carbocycles. The van der Waals surface area contributed by atoms with Crippen molar-refractivity contribution in [3.8, 4) is 5.82 Å². The van der Waals surface area contributed by atoms with Gasteiger partial charge in [0.05, 0.1) is 5.69 Å². The lowest BCUT2D eigenvalue weighted by atomic mass is 10.2. The molecule has 108 valence electrons. The van der Waals surface area contributed by atoms with Crippen LogP contribution in [0.1, 0.15) is 24.1 Å². The van der Waals surface area contributed by atoms with E-state index in [0.717, 1.165) is 23.6 Å². The van der Waals surface area contributed by atoms with Gasteiger partial charge in [0.25, 0.3) is 0 Å². The Labute approximate surface area is 122 Å². The molecule has 0 bridgehead atoms. The molecule has 3 aromatic rings. The van der Waals surface area contributed by atoms with Gasteiger partial charge in [0.1, 0.15) is 5.82 Å². The predicted molar refractivity (Wildman–Crippen MR) is 76.7 cm³/mol. The number of aromatic nitrogens is 5. The van der Waals surface area contributed by atoms with Crippen LogP contribution in [0, 0.1) is 5.82 Å². The normalized spacial score (nSPS) is 11.0. The van der Waals surface area contributed by atoms with E-state index in [1.54, 1.807) is 23.1 Å². The molecule has 0 radical (unpaired) electrons. The van der Waals surface area contributed by atoms with Gasteiger partial charge in [-0.15, -0.1) is 0 Å². The molecule has 0 saturated carbocycles. The second-order valence-corrected chi connectivity index (χ2v) is 4.83. The lowest BCUT2D eigenvalue weighted by Gasteiger charge is -2.09. The second-order valence-electron chi connectivity index (χ2n) is 4.83. The second kappa shape index (κ2) is 5.47. The Balaban J connectivity index is 2.01. The number of pyridine rings is 1. The Morgan fingerprint density at radius 2 is 2.05 bits per heavy atom. The van der Waals surface area contributed by atoms with Crippen LogP contribution < -0.4 is 0 Å². The highest BCUT2D eigenvalue weighted by Gasteiger charge is 2.13. The van der Waals surface area contributed by atoms with Crippen molar-refractivity contribution < 1.29 is 4.39 Å². The van der Waals surface area contributed by atoms with Gasteiger partial charge in [-0.1, -0.05) is 6.92 Å². The van der Waals surface area contributed by atoms with E-state index in [9.17, 15) is 4.39 Å². The summed E-state index contributed by atoms with van der Waals surface area (Å²) in [5, 5.41) is 4.21. The van der Waals surface area contributed by atoms with Gasteiger partial charge in [0.15, 0.2) is 11.6 Å². The van der Waals surface area contributed by atoms with Crippen molar-refractivity contribution in [2.24, 2.45) is 7.05 Å². The maximum absolute atomic E-state index is 14.1. The van der Waals surface area contributed by atoms with Crippen LogP contribution in [-0.2, 0) is 19.9 Å². The fraction of sp³-hybridized carbons (Fsp3) is 0.267. The summed E-state index contributed by atoms with van der Waals surface area (Å²) in [5.74, 6) is 0.754. The molecular weight excluding hydrogens is 269 g/mol. The summed E-state index contributed by atoms with van der Waals surface area (Å²) in [6, 6.07) is 4.99. The van der Waals surface area contributed by atoms with Crippen LogP contribution in [0.3, 0.4) is 0 Å². The zero-order valence-electron chi connectivity index (χ0n) is 12.0. The summed E-state index contributed by atoms with van der Waals surface area (Å²) in [6.45, 7) is 1.99. The molecule has 0 aliphatic heterocycles. The Morgan fingerprint density at radius 1 is 1.19 bits per heavy atom. The van der Waals surface area contributed by atoms with E-state index in [1.165, 1.54) is 6.07 Å². The van der Waals surface area contributed by atoms with E-state index in [-0.39, 0.29) is 11.6 Å². The van der Waals surface area contributed by atoms with E-state index in [4.69, 9.17) is 0 Å². The molecule has 0 aliphatic rings. The molecule has 5 nitrogen and oxygen atoms in total. The number of halogens is 1. The van der Waals surface area contributed by atoms with Crippen molar-refractivity contribution in [2.75, 3.05) is 0 Å². The van der Waals surface area contributed by atoms with Gasteiger partial charge < -0.3 is 4.57 Å². The topological polar surface area (TPSA) is 48.5 Å². The molecule has 3 aromatic heterocycles. The first-order chi connectivity index (χ1) is 10.2. The minimum Gasteiger partial charge on any atom is -0.338 e. The van der Waals surface area contributed by atoms with Gasteiger partial charge in [0, 0.05) is 37.8 Å². The van der Waals surface area contributed by atoms with E-state index in [0.29, 0.717) is 6.42 Å². The van der Waals surface area contributed by atoms with E-state index in [1.807, 2.05) is 30.8 Å². The monoisotopic (exact) mass is 285 g/mol. The summed E-state index contributed by atoms with van der Waals surface area (Å²) >= 11 is 0. The molecular formula is C15H16FN5. The third kappa shape index (κ3) is 2.56. The Kier molecular flexibility index (Phi) is 3.51. The minimum absolute atomic E-state index is 0.239. The molecule has 0 unspecified atom stereocenters. The number of rotatable bonds is 4. The van der Waals surface area contributed by atoms with Crippen LogP contribution >= 0.6 is 0 Å². The molecule has 0 amide bonds. The van der Waals surface area contributed by atoms with E-state index in [2.05, 4.69) is 15.1 Å². The van der Waals surface area contributed by atoms with Gasteiger partial charge in [0.2, 0.25) is 0 Å². The maximum atomic E-state index is 14.1. The zero-order valence-corrected chi connectivity index (χ0v) is 12.0. The van der Waals surface area contributed by atoms with Gasteiger partial charge in [-0.2, -0.15) is 5.10 Å². The largest absolute Gasteiger partial charge is 0.338 e. The van der Waals surface area contributed by atoms with Crippen molar-refractivity contribution in [3.63, 3.8) is 0 Å². The highest BCUT2D eigenvalue weighted by atomic mass is 19.1. The quantitative estimate of drug-likeness (QED) is 0.739. The zero-order chi connectivity index (χ0) is 14.8. The molecule has 0 aromatic carbocycles. The average molecular weight is 285 g/mol. The van der Waals surface area contributed by atoms with Crippen molar-refractivity contribution in [1.82, 2.24) is 24.3 Å². The van der Waals surface area contributed by atoms with Gasteiger partial charge in [-0.3, -0.25) is 0 Å². The molecule has 0 saturated heterocycles. The molecule has 3 heterocycles. The summed E-state index contributed by atoms with van der Waals surface area (Å²) in [4.78, 5) is 8.63. The van der Waals surface area contributed by atoms with Crippen molar-refractivity contribution in [3.05, 3.63) is 59.8 Å². The molecule has 0 atom stereocenters. The third-order valence-electron chi connectivity index (χ3n) is 3.43. The van der Waals surface area contributed by atoms with Crippen molar-refractivity contribution in [2.45, 2.75) is 19.8 Å². The summed E-state index contributed by atoms with van der Waals surface area (Å²) in [7, 11) is 1.93. The van der Waals surface area contributed by atoms with Crippen LogP contribution in [0.15, 0.2) is 36.8 Å². The molecule has 0 spiro atoms. The number of imidazole rings is 1. The standard InChI is InChI=1S/C15H16FN5/c1-3-11-4-5-13(16)15(19-11)21-12(6-7-18-21)10-14-17-8-9-20(14)2/h4-9H,3,10H2,1-2H3. The molecule has 0 N–H and O–H groups in total. The van der Waals surface area contributed by atoms with Crippen molar-refractivity contribution >= 4 is 0 Å². The first kappa shape index (κ1) is 13.5. The Bertz CT molecular complexity index is 759. The molecule has 21 heavy (non-hydrogen) atoms. The smallest absolute Gasteiger partial charge is 0.190 e. The summed E-state index contributed by atoms with van der Waals surface area (Å²) in [6.07, 6.45) is 6.60. The number of hydrogen-bond acceptors (Lipinski definition) is 3. The SMILES string of the molecule is CCc1ccc(F)c(-n2nccc2Cc2nccn2C)n1. The van der Waals surface area contributed by atoms with Gasteiger partial charge in [-0.25, -0.2) is 19.0 Å². The van der Waals surface area contributed by atoms with Gasteiger partial charge >= 0.3 is 0 Å². The molecule has 3 rings (SSSR count). The van der Waals surface area contributed by atoms with Crippen LogP contribution in [0.25, 0.3) is 5.82 Å². The van der Waals surface area contributed by atoms with Gasteiger partial charge in [-0.05, 0) is 24.6 Å². The minimum atomic E-state index is -0.378. The molecule has 6 heteroatoms. The van der Waals surface area contributed by atoms with Crippen LogP contribution in [-0.4, -0.2) is 24.3 Å². The fourth-order valence-electron chi connectivity index (χ4n) is 2.20. The lowest BCUT2D eigenvalue weighted by molar-refractivity contribution is 0.593. The fourth-order valence-corrected chi connectivity index (χ4v) is 2.20. The Hall–Kier alpha value is -2.50.